The molecular weight excluding hydrogens is 256 g/mol. The minimum absolute atomic E-state index is 0.0314. The van der Waals surface area contributed by atoms with Crippen LogP contribution in [0, 0.1) is 0 Å². The number of β-amino-alcohol motifs (C(OH)–C–C–N with tert-alkyl or cyclic N) is 1. The van der Waals surface area contributed by atoms with E-state index in [1.54, 1.807) is 36.1 Å². The summed E-state index contributed by atoms with van der Waals surface area (Å²) < 4.78 is 0. The zero-order valence-corrected chi connectivity index (χ0v) is 11.6. The molecule has 5 heteroatoms. The first-order chi connectivity index (χ1) is 9.48. The number of amides is 2. The molecule has 1 atom stereocenters. The summed E-state index contributed by atoms with van der Waals surface area (Å²) in [6.07, 6.45) is 0.865. The molecule has 1 aliphatic heterocycles. The third-order valence-corrected chi connectivity index (χ3v) is 3.46. The number of carbonyl (C=O) groups is 2. The molecule has 108 valence electrons. The highest BCUT2D eigenvalue weighted by Crippen LogP contribution is 2.20. The molecule has 2 N–H and O–H groups in total. The summed E-state index contributed by atoms with van der Waals surface area (Å²) in [5.74, 6) is -0.206. The van der Waals surface area contributed by atoms with Crippen LogP contribution in [0.1, 0.15) is 30.1 Å². The molecule has 1 aromatic rings. The van der Waals surface area contributed by atoms with Crippen molar-refractivity contribution in [1.82, 2.24) is 10.2 Å². The van der Waals surface area contributed by atoms with Crippen molar-refractivity contribution in [3.63, 3.8) is 0 Å². The lowest BCUT2D eigenvalue weighted by Gasteiger charge is -2.19. The van der Waals surface area contributed by atoms with Crippen LogP contribution in [-0.2, 0) is 4.79 Å². The molecule has 2 rings (SSSR count). The second kappa shape index (κ2) is 6.05. The first-order valence-corrected chi connectivity index (χ1v) is 6.81. The fourth-order valence-corrected chi connectivity index (χ4v) is 2.29. The van der Waals surface area contributed by atoms with E-state index in [-0.39, 0.29) is 18.2 Å². The standard InChI is InChI=1S/C15H20N2O3/c1-15(20)8-10-17(11-15)13(18)7-9-16-14(19)12-5-3-2-4-6-12/h2-6,20H,7-11H2,1H3,(H,16,19). The van der Waals surface area contributed by atoms with Crippen molar-refractivity contribution < 1.29 is 14.7 Å². The minimum atomic E-state index is -0.775. The average Bonchev–Trinajstić information content (AvgIpc) is 2.80. The van der Waals surface area contributed by atoms with E-state index < -0.39 is 5.60 Å². The van der Waals surface area contributed by atoms with Crippen LogP contribution in [0.5, 0.6) is 0 Å². The smallest absolute Gasteiger partial charge is 0.251 e. The van der Waals surface area contributed by atoms with Crippen LogP contribution in [0.3, 0.4) is 0 Å². The Balaban J connectivity index is 1.74. The van der Waals surface area contributed by atoms with Gasteiger partial charge < -0.3 is 15.3 Å². The highest BCUT2D eigenvalue weighted by atomic mass is 16.3. The van der Waals surface area contributed by atoms with Crippen molar-refractivity contribution in [3.8, 4) is 0 Å². The van der Waals surface area contributed by atoms with E-state index in [0.717, 1.165) is 0 Å². The molecule has 5 nitrogen and oxygen atoms in total. The number of nitrogens with zero attached hydrogens (tertiary/aromatic N) is 1. The van der Waals surface area contributed by atoms with Crippen LogP contribution in [0.4, 0.5) is 0 Å². The monoisotopic (exact) mass is 276 g/mol. The Hall–Kier alpha value is -1.88. The summed E-state index contributed by atoms with van der Waals surface area (Å²) in [7, 11) is 0. The van der Waals surface area contributed by atoms with Crippen LogP contribution in [-0.4, -0.2) is 47.1 Å². The van der Waals surface area contributed by atoms with Crippen LogP contribution in [0.2, 0.25) is 0 Å². The van der Waals surface area contributed by atoms with Gasteiger partial charge in [0.2, 0.25) is 5.91 Å². The van der Waals surface area contributed by atoms with Gasteiger partial charge in [0, 0.05) is 31.6 Å². The quantitative estimate of drug-likeness (QED) is 0.854. The van der Waals surface area contributed by atoms with Crippen molar-refractivity contribution >= 4 is 11.8 Å². The number of likely N-dealkylation sites (tertiary alicyclic amines) is 1. The molecule has 0 bridgehead atoms. The molecule has 1 heterocycles. The number of hydrogen-bond acceptors (Lipinski definition) is 3. The summed E-state index contributed by atoms with van der Waals surface area (Å²) in [6, 6.07) is 8.90. The normalized spacial score (nSPS) is 21.8. The molecule has 20 heavy (non-hydrogen) atoms. The van der Waals surface area contributed by atoms with Gasteiger partial charge in [-0.05, 0) is 25.5 Å². The summed E-state index contributed by atoms with van der Waals surface area (Å²) in [5, 5.41) is 12.5. The molecule has 2 amide bonds. The predicted octanol–water partition coefficient (Wildman–Crippen LogP) is 0.790. The van der Waals surface area contributed by atoms with Crippen LogP contribution < -0.4 is 5.32 Å². The van der Waals surface area contributed by atoms with Crippen molar-refractivity contribution in [2.24, 2.45) is 0 Å². The number of carbonyl (C=O) groups excluding carboxylic acids is 2. The molecule has 1 fully saturated rings. The summed E-state index contributed by atoms with van der Waals surface area (Å²) >= 11 is 0. The first-order valence-electron chi connectivity index (χ1n) is 6.81. The van der Waals surface area contributed by atoms with E-state index in [1.165, 1.54) is 0 Å². The summed E-state index contributed by atoms with van der Waals surface area (Å²) in [6.45, 7) is 3.00. The van der Waals surface area contributed by atoms with Gasteiger partial charge in [0.25, 0.3) is 5.91 Å². The second-order valence-electron chi connectivity index (χ2n) is 5.43. The summed E-state index contributed by atoms with van der Waals surface area (Å²) in [4.78, 5) is 25.3. The largest absolute Gasteiger partial charge is 0.388 e. The van der Waals surface area contributed by atoms with Crippen LogP contribution in [0.15, 0.2) is 30.3 Å². The highest BCUT2D eigenvalue weighted by molar-refractivity contribution is 5.94. The maximum atomic E-state index is 11.9. The molecule has 0 spiro atoms. The molecule has 1 aliphatic rings. The lowest BCUT2D eigenvalue weighted by molar-refractivity contribution is -0.130. The Kier molecular flexibility index (Phi) is 4.39. The van der Waals surface area contributed by atoms with Gasteiger partial charge in [0.1, 0.15) is 0 Å². The number of hydrogen-bond donors (Lipinski definition) is 2. The van der Waals surface area contributed by atoms with Gasteiger partial charge in [0.05, 0.1) is 5.60 Å². The van der Waals surface area contributed by atoms with Crippen LogP contribution >= 0.6 is 0 Å². The van der Waals surface area contributed by atoms with Gasteiger partial charge in [-0.2, -0.15) is 0 Å². The lowest BCUT2D eigenvalue weighted by atomic mass is 10.1. The van der Waals surface area contributed by atoms with E-state index in [0.29, 0.717) is 31.6 Å². The zero-order valence-electron chi connectivity index (χ0n) is 11.6. The fraction of sp³-hybridized carbons (Fsp3) is 0.467. The van der Waals surface area contributed by atoms with Crippen molar-refractivity contribution in [2.75, 3.05) is 19.6 Å². The summed E-state index contributed by atoms with van der Waals surface area (Å²) in [5.41, 5.74) is -0.188. The van der Waals surface area contributed by atoms with Gasteiger partial charge in [-0.3, -0.25) is 9.59 Å². The van der Waals surface area contributed by atoms with E-state index in [1.807, 2.05) is 6.07 Å². The third-order valence-electron chi connectivity index (χ3n) is 3.46. The zero-order chi connectivity index (χ0) is 14.6. The molecule has 0 aromatic heterocycles. The van der Waals surface area contributed by atoms with E-state index in [2.05, 4.69) is 5.32 Å². The Morgan fingerprint density at radius 3 is 2.65 bits per heavy atom. The molecule has 0 saturated carbocycles. The fourth-order valence-electron chi connectivity index (χ4n) is 2.29. The Morgan fingerprint density at radius 1 is 1.35 bits per heavy atom. The molecule has 1 aromatic carbocycles. The minimum Gasteiger partial charge on any atom is -0.388 e. The number of aliphatic hydroxyl groups is 1. The van der Waals surface area contributed by atoms with Gasteiger partial charge in [-0.1, -0.05) is 18.2 Å². The second-order valence-corrected chi connectivity index (χ2v) is 5.43. The number of benzene rings is 1. The predicted molar refractivity (Wildman–Crippen MR) is 75.2 cm³/mol. The van der Waals surface area contributed by atoms with Crippen molar-refractivity contribution in [1.29, 1.82) is 0 Å². The van der Waals surface area contributed by atoms with Crippen molar-refractivity contribution in [3.05, 3.63) is 35.9 Å². The van der Waals surface area contributed by atoms with Gasteiger partial charge >= 0.3 is 0 Å². The Labute approximate surface area is 118 Å². The van der Waals surface area contributed by atoms with Crippen LogP contribution in [0.25, 0.3) is 0 Å². The van der Waals surface area contributed by atoms with Gasteiger partial charge in [-0.15, -0.1) is 0 Å². The first kappa shape index (κ1) is 14.5. The molecular formula is C15H20N2O3. The average molecular weight is 276 g/mol. The van der Waals surface area contributed by atoms with Gasteiger partial charge in [0.15, 0.2) is 0 Å². The van der Waals surface area contributed by atoms with E-state index in [9.17, 15) is 14.7 Å². The highest BCUT2D eigenvalue weighted by Gasteiger charge is 2.33. The molecule has 1 saturated heterocycles. The Bertz CT molecular complexity index is 485. The topological polar surface area (TPSA) is 69.6 Å². The van der Waals surface area contributed by atoms with Gasteiger partial charge in [-0.25, -0.2) is 0 Å². The van der Waals surface area contributed by atoms with Crippen molar-refractivity contribution in [2.45, 2.75) is 25.4 Å². The third kappa shape index (κ3) is 3.81. The maximum Gasteiger partial charge on any atom is 0.251 e. The SMILES string of the molecule is CC1(O)CCN(C(=O)CCNC(=O)c2ccccc2)C1. The Morgan fingerprint density at radius 2 is 2.05 bits per heavy atom. The van der Waals surface area contributed by atoms with E-state index >= 15 is 0 Å². The molecule has 0 radical (unpaired) electrons. The molecule has 0 aliphatic carbocycles. The molecule has 1 unspecified atom stereocenters. The van der Waals surface area contributed by atoms with E-state index in [4.69, 9.17) is 0 Å². The number of nitrogens with one attached hydrogen (secondary N) is 1. The maximum absolute atomic E-state index is 11.9. The number of rotatable bonds is 4. The lowest BCUT2D eigenvalue weighted by Crippen LogP contribution is -2.36.